The number of nitrogens with zero attached hydrogens (tertiary/aromatic N) is 5. The molecule has 6 rings (SSSR count). The number of rotatable bonds is 9. The summed E-state index contributed by atoms with van der Waals surface area (Å²) in [4.78, 5) is 33.4. The molecule has 2 N–H and O–H groups in total. The quantitative estimate of drug-likeness (QED) is 0.422. The third kappa shape index (κ3) is 4.37. The Kier molecular flexibility index (Phi) is 6.03. The average molecular weight is 536 g/mol. The van der Waals surface area contributed by atoms with Gasteiger partial charge in [0.2, 0.25) is 27.8 Å². The van der Waals surface area contributed by atoms with Gasteiger partial charge in [-0.05, 0) is 56.8 Å². The molecule has 2 aliphatic carbocycles. The van der Waals surface area contributed by atoms with E-state index in [0.717, 1.165) is 18.7 Å². The maximum absolute atomic E-state index is 13.8. The van der Waals surface area contributed by atoms with Gasteiger partial charge in [0, 0.05) is 30.5 Å². The second-order valence-corrected chi connectivity index (χ2v) is 12.1. The van der Waals surface area contributed by atoms with Crippen LogP contribution in [0.3, 0.4) is 0 Å². The number of hydrogen-bond donors (Lipinski definition) is 2. The number of likely N-dealkylation sites (tertiary alicyclic amines) is 1. The maximum atomic E-state index is 13.8. The van der Waals surface area contributed by atoms with Crippen molar-refractivity contribution in [3.8, 4) is 17.1 Å². The summed E-state index contributed by atoms with van der Waals surface area (Å²) in [5, 5.41) is 2.68. The van der Waals surface area contributed by atoms with E-state index < -0.39 is 20.7 Å². The van der Waals surface area contributed by atoms with Crippen LogP contribution < -0.4 is 14.8 Å². The first-order valence-electron chi connectivity index (χ1n) is 12.7. The Morgan fingerprint density at radius 1 is 1.11 bits per heavy atom. The van der Waals surface area contributed by atoms with E-state index in [1.165, 1.54) is 6.20 Å². The Hall–Kier alpha value is -3.64. The van der Waals surface area contributed by atoms with Crippen molar-refractivity contribution in [2.45, 2.75) is 30.4 Å². The van der Waals surface area contributed by atoms with E-state index in [0.29, 0.717) is 42.4 Å². The maximum Gasteiger partial charge on any atom is 0.237 e. The van der Waals surface area contributed by atoms with E-state index >= 15 is 0 Å². The number of fused-ring (bicyclic) bond motifs is 1. The lowest BCUT2D eigenvalue weighted by Crippen LogP contribution is -2.38. The van der Waals surface area contributed by atoms with Gasteiger partial charge in [-0.1, -0.05) is 12.1 Å². The number of aromatic nitrogens is 4. The molecule has 3 aliphatic rings. The van der Waals surface area contributed by atoms with E-state index in [1.54, 1.807) is 18.5 Å². The Morgan fingerprint density at radius 3 is 2.53 bits per heavy atom. The van der Waals surface area contributed by atoms with Crippen molar-refractivity contribution in [1.29, 1.82) is 0 Å². The van der Waals surface area contributed by atoms with Gasteiger partial charge >= 0.3 is 0 Å². The number of benzene rings is 1. The number of ether oxygens (including phenoxy) is 1. The third-order valence-electron chi connectivity index (χ3n) is 7.56. The van der Waals surface area contributed by atoms with Crippen molar-refractivity contribution >= 4 is 27.6 Å². The molecule has 3 aromatic rings. The van der Waals surface area contributed by atoms with E-state index in [1.807, 2.05) is 38.2 Å². The molecule has 3 heterocycles. The smallest absolute Gasteiger partial charge is 0.237 e. The molecule has 2 aromatic heterocycles. The molecule has 0 spiro atoms. The normalized spacial score (nSPS) is 24.5. The molecule has 0 radical (unpaired) electrons. The highest BCUT2D eigenvalue weighted by atomic mass is 32.2. The second-order valence-electron chi connectivity index (χ2n) is 10.1. The van der Waals surface area contributed by atoms with Crippen LogP contribution in [0.2, 0.25) is 0 Å². The molecule has 11 nitrogen and oxygen atoms in total. The number of sulfonamides is 1. The number of hydrogen-bond acceptors (Lipinski definition) is 9. The van der Waals surface area contributed by atoms with Crippen LogP contribution in [0.1, 0.15) is 25.5 Å². The predicted molar refractivity (Wildman–Crippen MR) is 141 cm³/mol. The molecule has 1 saturated heterocycles. The Labute approximate surface area is 221 Å². The summed E-state index contributed by atoms with van der Waals surface area (Å²) in [5.74, 6) is 0.497. The molecule has 38 heavy (non-hydrogen) atoms. The molecular formula is C26H29N7O4S. The van der Waals surface area contributed by atoms with Crippen molar-refractivity contribution in [3.63, 3.8) is 0 Å². The highest BCUT2D eigenvalue weighted by Crippen LogP contribution is 2.63. The summed E-state index contributed by atoms with van der Waals surface area (Å²) < 4.78 is 32.8. The summed E-state index contributed by atoms with van der Waals surface area (Å²) in [6.45, 7) is 3.92. The lowest BCUT2D eigenvalue weighted by Gasteiger charge is -2.24. The molecule has 2 atom stereocenters. The van der Waals surface area contributed by atoms with Gasteiger partial charge in [-0.2, -0.15) is 0 Å². The van der Waals surface area contributed by atoms with E-state index in [2.05, 4.69) is 34.9 Å². The van der Waals surface area contributed by atoms with Crippen LogP contribution in [0.25, 0.3) is 11.3 Å². The van der Waals surface area contributed by atoms with Crippen molar-refractivity contribution in [2.24, 2.45) is 11.8 Å². The molecule has 198 valence electrons. The lowest BCUT2D eigenvalue weighted by molar-refractivity contribution is -0.119. The SMILES string of the molecule is CCOc1cncc(-c2ccc(NC(=O)C3(c4ccnc(NS(=O)(=O)C5CC5)n4)C4CN(C)CC43)cc2)n1. The minimum atomic E-state index is -3.51. The summed E-state index contributed by atoms with van der Waals surface area (Å²) in [6, 6.07) is 9.13. The number of carbonyl (C=O) groups is 1. The molecule has 3 fully saturated rings. The average Bonchev–Trinajstić information content (AvgIpc) is 3.81. The summed E-state index contributed by atoms with van der Waals surface area (Å²) >= 11 is 0. The monoisotopic (exact) mass is 535 g/mol. The Balaban J connectivity index is 1.24. The largest absolute Gasteiger partial charge is 0.477 e. The van der Waals surface area contributed by atoms with Crippen LogP contribution in [0.5, 0.6) is 5.88 Å². The highest BCUT2D eigenvalue weighted by Gasteiger charge is 2.73. The standard InChI is InChI=1S/C26H29N7O4S/c1-3-37-23-13-27-12-21(30-23)16-4-6-17(7-5-16)29-24(34)26(19-14-33(2)15-20(19)26)22-10-11-28-25(31-22)32-38(35,36)18-8-9-18/h4-7,10-13,18-20H,3,8-9,14-15H2,1-2H3,(H,29,34)(H,28,31,32). The van der Waals surface area contributed by atoms with Crippen molar-refractivity contribution in [1.82, 2.24) is 24.8 Å². The van der Waals surface area contributed by atoms with Crippen LogP contribution in [0.15, 0.2) is 48.9 Å². The zero-order valence-corrected chi connectivity index (χ0v) is 22.0. The lowest BCUT2D eigenvalue weighted by atomic mass is 9.93. The summed E-state index contributed by atoms with van der Waals surface area (Å²) in [7, 11) is -1.48. The van der Waals surface area contributed by atoms with Gasteiger partial charge in [-0.15, -0.1) is 0 Å². The van der Waals surface area contributed by atoms with Gasteiger partial charge < -0.3 is 15.0 Å². The molecule has 1 aromatic carbocycles. The number of amides is 1. The molecule has 0 bridgehead atoms. The molecule has 1 aliphatic heterocycles. The Morgan fingerprint density at radius 2 is 1.84 bits per heavy atom. The van der Waals surface area contributed by atoms with Crippen LogP contribution in [-0.4, -0.2) is 71.2 Å². The predicted octanol–water partition coefficient (Wildman–Crippen LogP) is 2.30. The fourth-order valence-electron chi connectivity index (χ4n) is 5.55. The van der Waals surface area contributed by atoms with Crippen molar-refractivity contribution in [2.75, 3.05) is 36.8 Å². The summed E-state index contributed by atoms with van der Waals surface area (Å²) in [5.41, 5.74) is 1.87. The van der Waals surface area contributed by atoms with Crippen LogP contribution >= 0.6 is 0 Å². The van der Waals surface area contributed by atoms with Gasteiger partial charge in [-0.3, -0.25) is 14.5 Å². The first-order chi connectivity index (χ1) is 18.3. The van der Waals surface area contributed by atoms with Gasteiger partial charge in [0.1, 0.15) is 5.41 Å². The topological polar surface area (TPSA) is 139 Å². The number of carbonyl (C=O) groups excluding carboxylic acids is 1. The van der Waals surface area contributed by atoms with E-state index in [9.17, 15) is 13.2 Å². The van der Waals surface area contributed by atoms with E-state index in [4.69, 9.17) is 4.74 Å². The molecular weight excluding hydrogens is 506 g/mol. The first-order valence-corrected chi connectivity index (χ1v) is 14.3. The molecule has 2 saturated carbocycles. The van der Waals surface area contributed by atoms with Gasteiger partial charge in [0.25, 0.3) is 0 Å². The fourth-order valence-corrected chi connectivity index (χ4v) is 6.83. The van der Waals surface area contributed by atoms with E-state index in [-0.39, 0.29) is 23.7 Å². The number of anilines is 2. The second kappa shape index (κ2) is 9.28. The minimum absolute atomic E-state index is 0.0136. The third-order valence-corrected chi connectivity index (χ3v) is 9.37. The fraction of sp³-hybridized carbons (Fsp3) is 0.423. The van der Waals surface area contributed by atoms with Crippen molar-refractivity contribution < 1.29 is 17.9 Å². The van der Waals surface area contributed by atoms with Crippen LogP contribution in [-0.2, 0) is 20.2 Å². The van der Waals surface area contributed by atoms with Gasteiger partial charge in [0.15, 0.2) is 0 Å². The zero-order chi connectivity index (χ0) is 26.5. The van der Waals surface area contributed by atoms with Gasteiger partial charge in [0.05, 0.1) is 35.6 Å². The summed E-state index contributed by atoms with van der Waals surface area (Å²) in [6.07, 6.45) is 6.03. The van der Waals surface area contributed by atoms with Crippen LogP contribution in [0.4, 0.5) is 11.6 Å². The number of nitrogens with one attached hydrogen (secondary N) is 2. The van der Waals surface area contributed by atoms with Crippen LogP contribution in [0, 0.1) is 11.8 Å². The number of piperidine rings is 1. The zero-order valence-electron chi connectivity index (χ0n) is 21.2. The molecule has 1 amide bonds. The minimum Gasteiger partial charge on any atom is -0.477 e. The highest BCUT2D eigenvalue weighted by molar-refractivity contribution is 7.93. The Bertz CT molecular complexity index is 1460. The van der Waals surface area contributed by atoms with Gasteiger partial charge in [-0.25, -0.2) is 23.4 Å². The molecule has 2 unspecified atom stereocenters. The molecule has 12 heteroatoms. The van der Waals surface area contributed by atoms with Crippen molar-refractivity contribution in [3.05, 3.63) is 54.6 Å². The first kappa shape index (κ1) is 24.7.